The van der Waals surface area contributed by atoms with E-state index in [1.807, 2.05) is 0 Å². The van der Waals surface area contributed by atoms with Gasteiger partial charge in [-0.05, 0) is 280 Å². The van der Waals surface area contributed by atoms with Gasteiger partial charge in [-0.15, -0.1) is 0 Å². The molecule has 20 aromatic rings. The Morgan fingerprint density at radius 1 is 0.162 bits per heavy atom. The van der Waals surface area contributed by atoms with Crippen molar-refractivity contribution in [1.82, 2.24) is 0 Å². The molecule has 2 aliphatic rings. The first kappa shape index (κ1) is 84.1. The maximum absolute atomic E-state index is 2.55. The number of para-hydroxylation sites is 5. The lowest BCUT2D eigenvalue weighted by molar-refractivity contribution is 0.790. The molecule has 20 aromatic carbocycles. The van der Waals surface area contributed by atoms with Crippen molar-refractivity contribution < 1.29 is 0 Å². The highest BCUT2D eigenvalue weighted by molar-refractivity contribution is 6.07. The summed E-state index contributed by atoms with van der Waals surface area (Å²) in [7, 11) is 0. The average molecular weight is 1740 g/mol. The van der Waals surface area contributed by atoms with Crippen LogP contribution in [0.25, 0.3) is 122 Å². The molecule has 0 fully saturated rings. The third-order valence-electron chi connectivity index (χ3n) is 26.6. The molecule has 0 heterocycles. The summed E-state index contributed by atoms with van der Waals surface area (Å²) in [6.45, 7) is 0. The van der Waals surface area contributed by atoms with Gasteiger partial charge >= 0.3 is 0 Å². The van der Waals surface area contributed by atoms with E-state index in [-0.39, 0.29) is 6.04 Å². The summed E-state index contributed by atoms with van der Waals surface area (Å²) in [4.78, 5) is 9.78. The smallest absolute Gasteiger partial charge is 0.0566 e. The van der Waals surface area contributed by atoms with Crippen LogP contribution >= 0.6 is 0 Å². The van der Waals surface area contributed by atoms with Gasteiger partial charge in [0.1, 0.15) is 0 Å². The van der Waals surface area contributed by atoms with Gasteiger partial charge in [0.05, 0.1) is 11.7 Å². The number of hydrogen-bond acceptors (Lipinski definition) is 4. The molecule has 1 atom stereocenters. The highest BCUT2D eigenvalue weighted by Crippen LogP contribution is 2.51. The van der Waals surface area contributed by atoms with E-state index >= 15 is 0 Å². The molecule has 0 saturated heterocycles. The van der Waals surface area contributed by atoms with E-state index in [1.165, 1.54) is 94.6 Å². The molecule has 0 aromatic heterocycles. The van der Waals surface area contributed by atoms with Crippen LogP contribution in [0.3, 0.4) is 0 Å². The van der Waals surface area contributed by atoms with Crippen molar-refractivity contribution in [1.29, 1.82) is 0 Å². The second-order valence-electron chi connectivity index (χ2n) is 34.9. The van der Waals surface area contributed by atoms with E-state index in [0.717, 1.165) is 132 Å². The Balaban J connectivity index is 0.569. The first-order valence-electron chi connectivity index (χ1n) is 47.1. The van der Waals surface area contributed by atoms with Gasteiger partial charge < -0.3 is 19.6 Å². The minimum absolute atomic E-state index is 0.0303. The van der Waals surface area contributed by atoms with E-state index in [9.17, 15) is 0 Å². The zero-order chi connectivity index (χ0) is 90.7. The van der Waals surface area contributed by atoms with Crippen molar-refractivity contribution in [2.75, 3.05) is 19.6 Å². The van der Waals surface area contributed by atoms with Gasteiger partial charge in [-0.25, -0.2) is 0 Å². The fourth-order valence-electron chi connectivity index (χ4n) is 19.9. The molecule has 0 aliphatic heterocycles. The predicted molar refractivity (Wildman–Crippen MR) is 577 cm³/mol. The third-order valence-corrected chi connectivity index (χ3v) is 26.6. The van der Waals surface area contributed by atoms with Crippen LogP contribution in [0.4, 0.5) is 62.6 Å². The minimum Gasteiger partial charge on any atom is -0.334 e. The molecule has 136 heavy (non-hydrogen) atoms. The number of benzene rings is 20. The van der Waals surface area contributed by atoms with E-state index in [0.29, 0.717) is 0 Å². The first-order valence-corrected chi connectivity index (χ1v) is 47.1. The van der Waals surface area contributed by atoms with Gasteiger partial charge in [0.2, 0.25) is 0 Å². The molecule has 1 unspecified atom stereocenters. The van der Waals surface area contributed by atoms with Gasteiger partial charge in [0.25, 0.3) is 0 Å². The summed E-state index contributed by atoms with van der Waals surface area (Å²) in [5, 5.41) is 0. The van der Waals surface area contributed by atoms with Crippen molar-refractivity contribution in [2.24, 2.45) is 0 Å². The van der Waals surface area contributed by atoms with Gasteiger partial charge in [-0.3, -0.25) is 0 Å². The summed E-state index contributed by atoms with van der Waals surface area (Å²) in [5.41, 5.74) is 42.8. The molecule has 4 heteroatoms. The second-order valence-corrected chi connectivity index (χ2v) is 34.9. The van der Waals surface area contributed by atoms with Gasteiger partial charge in [-0.2, -0.15) is 0 Å². The Hall–Kier alpha value is -17.4. The van der Waals surface area contributed by atoms with Crippen LogP contribution < -0.4 is 19.6 Å². The fourth-order valence-corrected chi connectivity index (χ4v) is 19.9. The van der Waals surface area contributed by atoms with Crippen molar-refractivity contribution in [3.63, 3.8) is 0 Å². The predicted octanol–water partition coefficient (Wildman–Crippen LogP) is 36.4. The SMILES string of the molecule is C1=C(c2ccc(N(c3ccc(-c4cccc(-c5ccc(N(c6ccccc6)c6ccc(-c7ccccc7)c(-c7ccccc7)c6)cc5)c4)cc3)c3ccc(-c4ccccc4)c(-c4ccccc4)c3)cc2)CCC(c2cc(N(c3ccccc3)c3ccccc3-c3ccc(-c4ccccc4N(c4ccccc4)C4C=C(c5ccccc5)C(c5ccccc5)=CC4)cc3)ccc2-c2ccccc2)=C1. The fraction of sp³-hybridized carbons (Fsp3) is 0.0303. The first-order chi connectivity index (χ1) is 67.5. The topological polar surface area (TPSA) is 13.0 Å². The van der Waals surface area contributed by atoms with Crippen molar-refractivity contribution in [3.05, 3.63) is 574 Å². The Bertz CT molecular complexity index is 7700. The quantitative estimate of drug-likeness (QED) is 0.0565. The van der Waals surface area contributed by atoms with Crippen LogP contribution in [0.5, 0.6) is 0 Å². The maximum Gasteiger partial charge on any atom is 0.0566 e. The molecule has 0 radical (unpaired) electrons. The van der Waals surface area contributed by atoms with Crippen LogP contribution in [0.15, 0.2) is 552 Å². The summed E-state index contributed by atoms with van der Waals surface area (Å²) < 4.78 is 0. The van der Waals surface area contributed by atoms with Crippen molar-refractivity contribution in [3.8, 4) is 100 Å². The standard InChI is InChI=1S/C132H98N4/c1-11-36-99(37-12-1)121-86-82-117(91-127(121)103-44-19-5-20-45-103)133(111-52-25-8-26-53-111)114-78-72-97(73-79-114)109-50-35-51-110(90-109)98-74-80-116(81-75-98)134(118-83-87-122(100-38-13-2-14-39-100)128(92-118)104-46-21-6-22-47-104)115-76-70-96(71-77-115)95-62-64-108(65-63-95)130-94-120(85-89-124(130)102-42-17-4-18-43-102)136(113-56-29-10-30-57-113)132-61-34-32-59-126(132)107-68-66-106(67-69-107)125-58-31-33-60-131(125)135(112-54-27-9-28-55-112)119-84-88-123(101-40-15-3-16-41-101)129(93-119)105-48-23-7-24-49-105/h1-62,64,66-83,85-94,119H,63,65,84H2. The summed E-state index contributed by atoms with van der Waals surface area (Å²) in [5.74, 6) is 0. The summed E-state index contributed by atoms with van der Waals surface area (Å²) in [6.07, 6.45) is 12.3. The molecular weight excluding hydrogens is 1640 g/mol. The molecule has 646 valence electrons. The van der Waals surface area contributed by atoms with Crippen molar-refractivity contribution >= 4 is 84.9 Å². The summed E-state index contributed by atoms with van der Waals surface area (Å²) >= 11 is 0. The van der Waals surface area contributed by atoms with Crippen molar-refractivity contribution in [2.45, 2.75) is 25.3 Å². The molecular formula is C132H98N4. The largest absolute Gasteiger partial charge is 0.334 e. The molecule has 0 bridgehead atoms. The van der Waals surface area contributed by atoms with E-state index < -0.39 is 0 Å². The van der Waals surface area contributed by atoms with Gasteiger partial charge in [-0.1, -0.05) is 425 Å². The Labute approximate surface area is 798 Å². The van der Waals surface area contributed by atoms with E-state index in [4.69, 9.17) is 0 Å². The monoisotopic (exact) mass is 1740 g/mol. The van der Waals surface area contributed by atoms with E-state index in [2.05, 4.69) is 572 Å². The molecule has 2 aliphatic carbocycles. The highest BCUT2D eigenvalue weighted by atomic mass is 15.2. The third kappa shape index (κ3) is 17.7. The maximum atomic E-state index is 2.55. The Morgan fingerprint density at radius 2 is 0.449 bits per heavy atom. The molecule has 22 rings (SSSR count). The van der Waals surface area contributed by atoms with Gasteiger partial charge in [0, 0.05) is 68.0 Å². The van der Waals surface area contributed by atoms with Crippen LogP contribution in [0.1, 0.15) is 41.5 Å². The minimum atomic E-state index is 0.0303. The van der Waals surface area contributed by atoms with E-state index in [1.54, 1.807) is 0 Å². The molecule has 0 amide bonds. The normalized spacial score (nSPS) is 12.9. The van der Waals surface area contributed by atoms with Crippen LogP contribution in [-0.2, 0) is 0 Å². The number of anilines is 11. The van der Waals surface area contributed by atoms with Crippen LogP contribution in [0, 0.1) is 0 Å². The molecule has 4 nitrogen and oxygen atoms in total. The molecule has 0 spiro atoms. The zero-order valence-electron chi connectivity index (χ0n) is 75.5. The number of nitrogens with zero attached hydrogens (tertiary/aromatic N) is 4. The Morgan fingerprint density at radius 3 is 0.875 bits per heavy atom. The van der Waals surface area contributed by atoms with Crippen LogP contribution in [-0.4, -0.2) is 6.04 Å². The lowest BCUT2D eigenvalue weighted by Gasteiger charge is -2.36. The number of rotatable bonds is 25. The van der Waals surface area contributed by atoms with Crippen LogP contribution in [0.2, 0.25) is 0 Å². The zero-order valence-corrected chi connectivity index (χ0v) is 75.5. The number of hydrogen-bond donors (Lipinski definition) is 0. The Kier molecular flexibility index (Phi) is 24.1. The lowest BCUT2D eigenvalue weighted by atomic mass is 9.85. The van der Waals surface area contributed by atoms with Gasteiger partial charge in [0.15, 0.2) is 0 Å². The lowest BCUT2D eigenvalue weighted by Crippen LogP contribution is -2.31. The molecule has 0 N–H and O–H groups in total. The second kappa shape index (κ2) is 38.9. The number of allylic oxidation sites excluding steroid dienone is 6. The highest BCUT2D eigenvalue weighted by Gasteiger charge is 2.29. The molecule has 0 saturated carbocycles. The average Bonchev–Trinajstić information content (AvgIpc) is 0.770. The summed E-state index contributed by atoms with van der Waals surface area (Å²) in [6, 6.07) is 193.